The maximum Gasteiger partial charge on any atom is 0.326 e. The Kier molecular flexibility index (Phi) is 11.1. The minimum atomic E-state index is -1.65. The molecule has 0 radical (unpaired) electrons. The van der Waals surface area contributed by atoms with E-state index in [9.17, 15) is 44.1 Å². The molecule has 0 aromatic heterocycles. The molecule has 0 heterocycles. The van der Waals surface area contributed by atoms with E-state index in [2.05, 4.69) is 16.0 Å². The number of primary amides is 2. The molecule has 35 heavy (non-hydrogen) atoms. The predicted octanol–water partition coefficient (Wildman–Crippen LogP) is -4.46. The van der Waals surface area contributed by atoms with Crippen molar-refractivity contribution in [3.63, 3.8) is 0 Å². The van der Waals surface area contributed by atoms with E-state index >= 15 is 0 Å². The highest BCUT2D eigenvalue weighted by atomic mass is 16.4. The summed E-state index contributed by atoms with van der Waals surface area (Å²) in [5, 5.41) is 34.6. The van der Waals surface area contributed by atoms with E-state index in [1.54, 1.807) is 0 Å². The summed E-state index contributed by atoms with van der Waals surface area (Å²) in [5.41, 5.74) is 16.0. The van der Waals surface area contributed by atoms with Gasteiger partial charge in [0.1, 0.15) is 23.9 Å². The SMILES string of the molecule is NC(=O)CC(N)C(=O)NC(CO)C(=O)NC(CC(N)=O)C(=O)NC(Cc1ccc(O)cc1)C(=O)O. The Morgan fingerprint density at radius 2 is 1.26 bits per heavy atom. The van der Waals surface area contributed by atoms with Gasteiger partial charge >= 0.3 is 5.97 Å². The van der Waals surface area contributed by atoms with Gasteiger partial charge in [-0.2, -0.15) is 0 Å². The van der Waals surface area contributed by atoms with Crippen molar-refractivity contribution in [3.05, 3.63) is 29.8 Å². The number of aromatic hydroxyl groups is 1. The average Bonchev–Trinajstić information content (AvgIpc) is 2.76. The molecule has 4 unspecified atom stereocenters. The number of carbonyl (C=O) groups excluding carboxylic acids is 5. The second-order valence-electron chi connectivity index (χ2n) is 7.52. The Bertz CT molecular complexity index is 953. The number of aliphatic hydroxyl groups is 1. The van der Waals surface area contributed by atoms with Crippen LogP contribution in [0, 0.1) is 0 Å². The molecule has 1 aromatic carbocycles. The van der Waals surface area contributed by atoms with E-state index in [-0.39, 0.29) is 12.2 Å². The largest absolute Gasteiger partial charge is 0.508 e. The summed E-state index contributed by atoms with van der Waals surface area (Å²) in [6, 6.07) is -0.622. The normalized spacial score (nSPS) is 14.0. The summed E-state index contributed by atoms with van der Waals surface area (Å²) >= 11 is 0. The first-order valence-electron chi connectivity index (χ1n) is 10.2. The van der Waals surface area contributed by atoms with E-state index in [4.69, 9.17) is 17.2 Å². The van der Waals surface area contributed by atoms with Gasteiger partial charge in [0.05, 0.1) is 25.5 Å². The molecule has 1 rings (SSSR count). The number of benzene rings is 1. The van der Waals surface area contributed by atoms with Gasteiger partial charge in [0, 0.05) is 6.42 Å². The lowest BCUT2D eigenvalue weighted by atomic mass is 10.0. The third-order valence-corrected chi connectivity index (χ3v) is 4.60. The van der Waals surface area contributed by atoms with Crippen LogP contribution in [-0.2, 0) is 35.2 Å². The fourth-order valence-electron chi connectivity index (χ4n) is 2.81. The van der Waals surface area contributed by atoms with Gasteiger partial charge in [0.15, 0.2) is 0 Å². The molecule has 0 bridgehead atoms. The zero-order valence-electron chi connectivity index (χ0n) is 18.5. The number of carboxylic acids is 1. The molecule has 0 aliphatic heterocycles. The monoisotopic (exact) mass is 496 g/mol. The summed E-state index contributed by atoms with van der Waals surface area (Å²) in [7, 11) is 0. The van der Waals surface area contributed by atoms with Crippen LogP contribution in [0.15, 0.2) is 24.3 Å². The molecular weight excluding hydrogens is 468 g/mol. The summed E-state index contributed by atoms with van der Waals surface area (Å²) in [6.45, 7) is -0.940. The molecule has 12 N–H and O–H groups in total. The van der Waals surface area contributed by atoms with Gasteiger partial charge in [-0.05, 0) is 17.7 Å². The Balaban J connectivity index is 2.93. The molecule has 5 amide bonds. The molecule has 0 aliphatic rings. The maximum absolute atomic E-state index is 12.7. The van der Waals surface area contributed by atoms with Crippen LogP contribution < -0.4 is 33.2 Å². The molecule has 4 atom stereocenters. The molecule has 15 heteroatoms. The van der Waals surface area contributed by atoms with Gasteiger partial charge in [-0.15, -0.1) is 0 Å². The lowest BCUT2D eigenvalue weighted by Crippen LogP contribution is -2.59. The fourth-order valence-corrected chi connectivity index (χ4v) is 2.81. The number of hydrogen-bond donors (Lipinski definition) is 9. The summed E-state index contributed by atoms with van der Waals surface area (Å²) in [4.78, 5) is 71.1. The minimum absolute atomic E-state index is 0.0463. The standard InChI is InChI=1S/C20H28N6O9/c21-11(6-15(22)29)17(31)26-14(8-27)19(33)24-12(7-16(23)30)18(32)25-13(20(34)35)5-9-1-3-10(28)4-2-9/h1-4,11-14,27-28H,5-8,21H2,(H2,22,29)(H2,23,30)(H,24,33)(H,25,32)(H,26,31)(H,34,35). The Hall–Kier alpha value is -4.24. The van der Waals surface area contributed by atoms with E-state index in [0.717, 1.165) is 0 Å². The number of aliphatic carboxylic acids is 1. The van der Waals surface area contributed by atoms with Gasteiger partial charge < -0.3 is 48.5 Å². The van der Waals surface area contributed by atoms with Crippen LogP contribution in [0.5, 0.6) is 5.75 Å². The second-order valence-corrected chi connectivity index (χ2v) is 7.52. The van der Waals surface area contributed by atoms with Crippen molar-refractivity contribution >= 4 is 35.5 Å². The van der Waals surface area contributed by atoms with Crippen LogP contribution in [0.25, 0.3) is 0 Å². The number of carbonyl (C=O) groups is 6. The highest BCUT2D eigenvalue weighted by Gasteiger charge is 2.31. The first-order chi connectivity index (χ1) is 16.3. The highest BCUT2D eigenvalue weighted by molar-refractivity contribution is 5.96. The first kappa shape index (κ1) is 28.8. The van der Waals surface area contributed by atoms with Crippen LogP contribution in [0.1, 0.15) is 18.4 Å². The van der Waals surface area contributed by atoms with Crippen molar-refractivity contribution in [2.75, 3.05) is 6.61 Å². The molecule has 15 nitrogen and oxygen atoms in total. The van der Waals surface area contributed by atoms with Gasteiger partial charge in [0.2, 0.25) is 29.5 Å². The molecule has 0 spiro atoms. The summed E-state index contributed by atoms with van der Waals surface area (Å²) in [5.74, 6) is -6.53. The summed E-state index contributed by atoms with van der Waals surface area (Å²) in [6.07, 6.45) is -1.45. The van der Waals surface area contributed by atoms with Crippen molar-refractivity contribution in [3.8, 4) is 5.75 Å². The number of carboxylic acid groups (broad SMARTS) is 1. The third-order valence-electron chi connectivity index (χ3n) is 4.60. The van der Waals surface area contributed by atoms with Crippen molar-refractivity contribution in [1.82, 2.24) is 16.0 Å². The number of phenols is 1. The second kappa shape index (κ2) is 13.5. The van der Waals surface area contributed by atoms with Crippen LogP contribution in [0.2, 0.25) is 0 Å². The van der Waals surface area contributed by atoms with Crippen molar-refractivity contribution in [1.29, 1.82) is 0 Å². The quantitative estimate of drug-likeness (QED) is 0.119. The van der Waals surface area contributed by atoms with Gasteiger partial charge in [-0.1, -0.05) is 12.1 Å². The maximum atomic E-state index is 12.7. The van der Waals surface area contributed by atoms with E-state index < -0.39 is 79.1 Å². The number of nitrogens with two attached hydrogens (primary N) is 3. The van der Waals surface area contributed by atoms with Crippen LogP contribution >= 0.6 is 0 Å². The highest BCUT2D eigenvalue weighted by Crippen LogP contribution is 2.11. The third kappa shape index (κ3) is 10.1. The van der Waals surface area contributed by atoms with Crippen LogP contribution in [-0.4, -0.2) is 81.6 Å². The van der Waals surface area contributed by atoms with Gasteiger partial charge in [0.25, 0.3) is 0 Å². The molecule has 0 saturated carbocycles. The van der Waals surface area contributed by atoms with E-state index in [0.29, 0.717) is 5.56 Å². The number of aliphatic hydroxyl groups excluding tert-OH is 1. The Morgan fingerprint density at radius 3 is 1.74 bits per heavy atom. The number of nitrogens with one attached hydrogen (secondary N) is 3. The fraction of sp³-hybridized carbons (Fsp3) is 0.400. The Labute approximate surface area is 199 Å². The van der Waals surface area contributed by atoms with Crippen molar-refractivity contribution < 1.29 is 44.1 Å². The van der Waals surface area contributed by atoms with Crippen LogP contribution in [0.4, 0.5) is 0 Å². The molecular formula is C20H28N6O9. The molecule has 0 aliphatic carbocycles. The van der Waals surface area contributed by atoms with Crippen LogP contribution in [0.3, 0.4) is 0 Å². The summed E-state index contributed by atoms with van der Waals surface area (Å²) < 4.78 is 0. The lowest BCUT2D eigenvalue weighted by molar-refractivity contribution is -0.142. The lowest BCUT2D eigenvalue weighted by Gasteiger charge is -2.23. The van der Waals surface area contributed by atoms with Crippen molar-refractivity contribution in [2.45, 2.75) is 43.4 Å². The zero-order chi connectivity index (χ0) is 26.7. The van der Waals surface area contributed by atoms with Gasteiger partial charge in [-0.3, -0.25) is 24.0 Å². The van der Waals surface area contributed by atoms with E-state index in [1.807, 2.05) is 0 Å². The number of phenolic OH excluding ortho intramolecular Hbond substituents is 1. The van der Waals surface area contributed by atoms with Gasteiger partial charge in [-0.25, -0.2) is 4.79 Å². The zero-order valence-corrected chi connectivity index (χ0v) is 18.5. The molecule has 192 valence electrons. The number of hydrogen-bond acceptors (Lipinski definition) is 9. The first-order valence-corrected chi connectivity index (χ1v) is 10.2. The molecule has 0 saturated heterocycles. The molecule has 1 aromatic rings. The minimum Gasteiger partial charge on any atom is -0.508 e. The predicted molar refractivity (Wildman–Crippen MR) is 118 cm³/mol. The van der Waals surface area contributed by atoms with Crippen molar-refractivity contribution in [2.24, 2.45) is 17.2 Å². The Morgan fingerprint density at radius 1 is 0.771 bits per heavy atom. The average molecular weight is 496 g/mol. The van der Waals surface area contributed by atoms with E-state index in [1.165, 1.54) is 24.3 Å². The topological polar surface area (TPSA) is 277 Å². The number of rotatable bonds is 14. The number of amides is 5. The smallest absolute Gasteiger partial charge is 0.326 e. The molecule has 0 fully saturated rings.